The van der Waals surface area contributed by atoms with Gasteiger partial charge in [0.25, 0.3) is 0 Å². The Morgan fingerprint density at radius 3 is 2.67 bits per heavy atom. The molecule has 0 spiro atoms. The van der Waals surface area contributed by atoms with Crippen molar-refractivity contribution in [1.82, 2.24) is 0 Å². The molecule has 0 amide bonds. The number of allylic oxidation sites excluding steroid dienone is 1. The van der Waals surface area contributed by atoms with Gasteiger partial charge < -0.3 is 10.2 Å². The van der Waals surface area contributed by atoms with E-state index in [9.17, 15) is 0 Å². The van der Waals surface area contributed by atoms with Crippen molar-refractivity contribution in [3.05, 3.63) is 47.0 Å². The molecular formula is C15H12ClNO. The Balaban J connectivity index is 2.53. The standard InChI is InChI=1S/C15H12ClNO/c1-2-4-11-13(17)8-7-10-9-5-3-6-12(16)15(9)18-14(10)11/h2-8H,17H2,1H3/b4-2-. The monoisotopic (exact) mass is 257 g/mol. The topological polar surface area (TPSA) is 39.2 Å². The highest BCUT2D eigenvalue weighted by atomic mass is 35.5. The van der Waals surface area contributed by atoms with Gasteiger partial charge in [-0.3, -0.25) is 0 Å². The van der Waals surface area contributed by atoms with Crippen molar-refractivity contribution in [3.8, 4) is 0 Å². The van der Waals surface area contributed by atoms with E-state index in [1.165, 1.54) is 0 Å². The summed E-state index contributed by atoms with van der Waals surface area (Å²) >= 11 is 6.15. The first-order valence-electron chi connectivity index (χ1n) is 5.74. The molecule has 3 aromatic rings. The zero-order valence-electron chi connectivity index (χ0n) is 9.91. The van der Waals surface area contributed by atoms with E-state index in [-0.39, 0.29) is 0 Å². The molecule has 1 heterocycles. The number of para-hydroxylation sites is 1. The molecule has 2 N–H and O–H groups in total. The number of rotatable bonds is 1. The highest BCUT2D eigenvalue weighted by molar-refractivity contribution is 6.35. The van der Waals surface area contributed by atoms with Gasteiger partial charge in [0.05, 0.1) is 5.02 Å². The van der Waals surface area contributed by atoms with Crippen LogP contribution in [0.5, 0.6) is 0 Å². The Hall–Kier alpha value is -1.93. The number of nitrogens with two attached hydrogens (primary N) is 1. The fourth-order valence-electron chi connectivity index (χ4n) is 2.20. The van der Waals surface area contributed by atoms with Crippen molar-refractivity contribution in [2.24, 2.45) is 0 Å². The lowest BCUT2D eigenvalue weighted by Crippen LogP contribution is -1.88. The van der Waals surface area contributed by atoms with E-state index < -0.39 is 0 Å². The fraction of sp³-hybridized carbons (Fsp3) is 0.0667. The maximum atomic E-state index is 6.15. The van der Waals surface area contributed by atoms with Gasteiger partial charge in [0.1, 0.15) is 5.58 Å². The lowest BCUT2D eigenvalue weighted by atomic mass is 10.1. The number of fused-ring (bicyclic) bond motifs is 3. The van der Waals surface area contributed by atoms with E-state index in [2.05, 4.69) is 0 Å². The largest absolute Gasteiger partial charge is 0.454 e. The van der Waals surface area contributed by atoms with Gasteiger partial charge >= 0.3 is 0 Å². The molecule has 0 fully saturated rings. The van der Waals surface area contributed by atoms with Crippen LogP contribution in [0.4, 0.5) is 5.69 Å². The number of anilines is 1. The summed E-state index contributed by atoms with van der Waals surface area (Å²) in [5.74, 6) is 0. The van der Waals surface area contributed by atoms with E-state index in [0.29, 0.717) is 16.3 Å². The summed E-state index contributed by atoms with van der Waals surface area (Å²) in [5.41, 5.74) is 9.10. The van der Waals surface area contributed by atoms with E-state index in [1.54, 1.807) is 0 Å². The Morgan fingerprint density at radius 1 is 1.11 bits per heavy atom. The molecule has 0 aliphatic carbocycles. The van der Waals surface area contributed by atoms with Crippen LogP contribution in [0, 0.1) is 0 Å². The van der Waals surface area contributed by atoms with Crippen LogP contribution in [0.2, 0.25) is 5.02 Å². The molecule has 0 radical (unpaired) electrons. The number of hydrogen-bond donors (Lipinski definition) is 1. The lowest BCUT2D eigenvalue weighted by molar-refractivity contribution is 0.668. The number of hydrogen-bond acceptors (Lipinski definition) is 2. The van der Waals surface area contributed by atoms with Crippen molar-refractivity contribution in [3.63, 3.8) is 0 Å². The SMILES string of the molecule is C/C=C\c1c(N)ccc2c1oc1c(Cl)cccc12. The minimum atomic E-state index is 0.619. The van der Waals surface area contributed by atoms with Crippen LogP contribution in [-0.4, -0.2) is 0 Å². The number of furan rings is 1. The van der Waals surface area contributed by atoms with Crippen LogP contribution >= 0.6 is 11.6 Å². The van der Waals surface area contributed by atoms with Crippen molar-refractivity contribution < 1.29 is 4.42 Å². The molecule has 18 heavy (non-hydrogen) atoms. The highest BCUT2D eigenvalue weighted by Crippen LogP contribution is 2.36. The molecule has 3 rings (SSSR count). The maximum absolute atomic E-state index is 6.15. The summed E-state index contributed by atoms with van der Waals surface area (Å²) in [6.07, 6.45) is 3.90. The second-order valence-corrected chi connectivity index (χ2v) is 4.57. The number of benzene rings is 2. The molecule has 0 saturated carbocycles. The molecule has 0 aliphatic heterocycles. The van der Waals surface area contributed by atoms with E-state index >= 15 is 0 Å². The van der Waals surface area contributed by atoms with Gasteiger partial charge in [-0.2, -0.15) is 0 Å². The summed E-state index contributed by atoms with van der Waals surface area (Å²) in [4.78, 5) is 0. The Labute approximate surface area is 110 Å². The molecule has 0 unspecified atom stereocenters. The Morgan fingerprint density at radius 2 is 1.89 bits per heavy atom. The van der Waals surface area contributed by atoms with Crippen LogP contribution in [-0.2, 0) is 0 Å². The first kappa shape index (κ1) is 11.2. The van der Waals surface area contributed by atoms with Crippen molar-refractivity contribution in [1.29, 1.82) is 0 Å². The van der Waals surface area contributed by atoms with Gasteiger partial charge in [0.2, 0.25) is 0 Å². The Kier molecular flexibility index (Phi) is 2.53. The first-order chi connectivity index (χ1) is 8.72. The summed E-state index contributed by atoms with van der Waals surface area (Å²) in [6.45, 7) is 1.95. The second-order valence-electron chi connectivity index (χ2n) is 4.16. The first-order valence-corrected chi connectivity index (χ1v) is 6.12. The van der Waals surface area contributed by atoms with Crippen molar-refractivity contribution >= 4 is 45.3 Å². The summed E-state index contributed by atoms with van der Waals surface area (Å²) in [7, 11) is 0. The molecule has 3 heteroatoms. The Bertz CT molecular complexity index is 771. The zero-order valence-corrected chi connectivity index (χ0v) is 10.7. The van der Waals surface area contributed by atoms with E-state index in [1.807, 2.05) is 49.4 Å². The molecule has 90 valence electrons. The van der Waals surface area contributed by atoms with Gasteiger partial charge in [-0.1, -0.05) is 35.9 Å². The van der Waals surface area contributed by atoms with Crippen LogP contribution < -0.4 is 5.73 Å². The van der Waals surface area contributed by atoms with E-state index in [4.69, 9.17) is 21.8 Å². The van der Waals surface area contributed by atoms with Gasteiger partial charge in [-0.25, -0.2) is 0 Å². The molecule has 0 saturated heterocycles. The molecule has 2 nitrogen and oxygen atoms in total. The van der Waals surface area contributed by atoms with Crippen molar-refractivity contribution in [2.45, 2.75) is 6.92 Å². The third kappa shape index (κ3) is 1.50. The third-order valence-corrected chi connectivity index (χ3v) is 3.32. The maximum Gasteiger partial charge on any atom is 0.154 e. The number of halogens is 1. The van der Waals surface area contributed by atoms with Crippen molar-refractivity contribution in [2.75, 3.05) is 5.73 Å². The zero-order chi connectivity index (χ0) is 12.7. The average molecular weight is 258 g/mol. The van der Waals surface area contributed by atoms with Gasteiger partial charge in [-0.15, -0.1) is 0 Å². The van der Waals surface area contributed by atoms with Crippen LogP contribution in [0.25, 0.3) is 28.0 Å². The lowest BCUT2D eigenvalue weighted by Gasteiger charge is -2.00. The molecule has 0 aliphatic rings. The summed E-state index contributed by atoms with van der Waals surface area (Å²) in [5, 5.41) is 2.67. The minimum absolute atomic E-state index is 0.619. The quantitative estimate of drug-likeness (QED) is 0.633. The smallest absolute Gasteiger partial charge is 0.154 e. The van der Waals surface area contributed by atoms with Gasteiger partial charge in [-0.05, 0) is 25.1 Å². The number of nitrogen functional groups attached to an aromatic ring is 1. The molecule has 0 atom stereocenters. The molecular weight excluding hydrogens is 246 g/mol. The highest BCUT2D eigenvalue weighted by Gasteiger charge is 2.13. The van der Waals surface area contributed by atoms with Crippen LogP contribution in [0.1, 0.15) is 12.5 Å². The minimum Gasteiger partial charge on any atom is -0.454 e. The van der Waals surface area contributed by atoms with Gasteiger partial charge in [0.15, 0.2) is 5.58 Å². The summed E-state index contributed by atoms with van der Waals surface area (Å²) in [6, 6.07) is 9.62. The fourth-order valence-corrected chi connectivity index (χ4v) is 2.42. The van der Waals surface area contributed by atoms with Gasteiger partial charge in [0, 0.05) is 22.0 Å². The summed E-state index contributed by atoms with van der Waals surface area (Å²) < 4.78 is 5.88. The predicted octanol–water partition coefficient (Wildman–Crippen LogP) is 4.85. The van der Waals surface area contributed by atoms with Crippen LogP contribution in [0.3, 0.4) is 0 Å². The molecule has 2 aromatic carbocycles. The third-order valence-electron chi connectivity index (χ3n) is 3.02. The van der Waals surface area contributed by atoms with E-state index in [0.717, 1.165) is 21.9 Å². The van der Waals surface area contributed by atoms with Crippen LogP contribution in [0.15, 0.2) is 40.8 Å². The normalized spacial score (nSPS) is 11.9. The molecule has 0 bridgehead atoms. The average Bonchev–Trinajstić information content (AvgIpc) is 2.73. The molecule has 1 aromatic heterocycles. The predicted molar refractivity (Wildman–Crippen MR) is 77.9 cm³/mol. The second kappa shape index (κ2) is 4.07.